The Kier molecular flexibility index (Phi) is 5.06. The molecule has 8 heteroatoms. The summed E-state index contributed by atoms with van der Waals surface area (Å²) in [5, 5.41) is 0.663. The lowest BCUT2D eigenvalue weighted by Gasteiger charge is -2.26. The van der Waals surface area contributed by atoms with Gasteiger partial charge >= 0.3 is 0 Å². The number of sulfonamides is 1. The van der Waals surface area contributed by atoms with E-state index in [1.807, 2.05) is 24.3 Å². The zero-order valence-electron chi connectivity index (χ0n) is 15.2. The molecule has 2 heterocycles. The number of carbonyl (C=O) groups excluding carboxylic acids is 1. The van der Waals surface area contributed by atoms with E-state index < -0.39 is 10.0 Å². The molecule has 1 saturated heterocycles. The molecule has 146 valence electrons. The summed E-state index contributed by atoms with van der Waals surface area (Å²) in [4.78, 5) is 17.8. The van der Waals surface area contributed by atoms with Gasteiger partial charge in [0.1, 0.15) is 5.69 Å². The average Bonchev–Trinajstić information content (AvgIpc) is 3.06. The van der Waals surface area contributed by atoms with E-state index in [0.717, 1.165) is 0 Å². The van der Waals surface area contributed by atoms with Crippen LogP contribution >= 0.6 is 0 Å². The minimum atomic E-state index is -3.70. The number of morpholine rings is 1. The molecule has 3 aromatic rings. The monoisotopic (exact) mass is 399 g/mol. The van der Waals surface area contributed by atoms with Crippen molar-refractivity contribution in [3.05, 3.63) is 65.9 Å². The first-order valence-corrected chi connectivity index (χ1v) is 10.7. The van der Waals surface area contributed by atoms with E-state index in [1.165, 1.54) is 0 Å². The number of hydrogen-bond acceptors (Lipinski definition) is 4. The predicted octanol–water partition coefficient (Wildman–Crippen LogP) is 2.58. The number of para-hydroxylation sites is 1. The second kappa shape index (κ2) is 7.65. The van der Waals surface area contributed by atoms with Crippen LogP contribution in [0.5, 0.6) is 0 Å². The van der Waals surface area contributed by atoms with E-state index >= 15 is 0 Å². The SMILES string of the molecule is O=C(c1[nH]c2ccccc2c1NS(=O)(=O)Cc1ccccc1)N1CCOCC1. The molecule has 1 aromatic heterocycles. The van der Waals surface area contributed by atoms with Crippen molar-refractivity contribution in [1.82, 2.24) is 9.88 Å². The Labute approximate surface area is 163 Å². The molecule has 0 atom stereocenters. The van der Waals surface area contributed by atoms with Crippen LogP contribution in [0.2, 0.25) is 0 Å². The largest absolute Gasteiger partial charge is 0.378 e. The standard InChI is InChI=1S/C20H21N3O4S/c24-20(23-10-12-27-13-11-23)19-18(16-8-4-5-9-17(16)21-19)22-28(25,26)14-15-6-2-1-3-7-15/h1-9,21-22H,10-14H2. The second-order valence-electron chi connectivity index (χ2n) is 6.67. The third kappa shape index (κ3) is 3.88. The van der Waals surface area contributed by atoms with Crippen molar-refractivity contribution >= 4 is 32.5 Å². The van der Waals surface area contributed by atoms with Gasteiger partial charge in [-0.15, -0.1) is 0 Å². The van der Waals surface area contributed by atoms with Crippen LogP contribution in [0.15, 0.2) is 54.6 Å². The zero-order valence-corrected chi connectivity index (χ0v) is 16.0. The van der Waals surface area contributed by atoms with Gasteiger partial charge in [-0.25, -0.2) is 8.42 Å². The van der Waals surface area contributed by atoms with Gasteiger partial charge in [0.2, 0.25) is 10.0 Å². The van der Waals surface area contributed by atoms with E-state index in [1.54, 1.807) is 35.2 Å². The first-order chi connectivity index (χ1) is 13.5. The molecule has 0 unspecified atom stereocenters. The lowest BCUT2D eigenvalue weighted by Crippen LogP contribution is -2.41. The van der Waals surface area contributed by atoms with Gasteiger partial charge in [0, 0.05) is 24.0 Å². The molecule has 1 aliphatic rings. The summed E-state index contributed by atoms with van der Waals surface area (Å²) >= 11 is 0. The Morgan fingerprint density at radius 2 is 1.71 bits per heavy atom. The Morgan fingerprint density at radius 3 is 2.46 bits per heavy atom. The Hall–Kier alpha value is -2.84. The van der Waals surface area contributed by atoms with E-state index in [9.17, 15) is 13.2 Å². The van der Waals surface area contributed by atoms with Crippen LogP contribution < -0.4 is 4.72 Å². The third-order valence-corrected chi connectivity index (χ3v) is 5.90. The van der Waals surface area contributed by atoms with Gasteiger partial charge in [-0.1, -0.05) is 48.5 Å². The molecule has 0 bridgehead atoms. The Morgan fingerprint density at radius 1 is 1.04 bits per heavy atom. The molecule has 7 nitrogen and oxygen atoms in total. The van der Waals surface area contributed by atoms with E-state index in [4.69, 9.17) is 4.74 Å². The van der Waals surface area contributed by atoms with Crippen LogP contribution in [-0.2, 0) is 20.5 Å². The first kappa shape index (κ1) is 18.5. The quantitative estimate of drug-likeness (QED) is 0.690. The molecule has 2 aromatic carbocycles. The topological polar surface area (TPSA) is 91.5 Å². The Bertz CT molecular complexity index is 1090. The summed E-state index contributed by atoms with van der Waals surface area (Å²) in [5.41, 5.74) is 1.93. The maximum Gasteiger partial charge on any atom is 0.272 e. The van der Waals surface area contributed by atoms with Gasteiger partial charge in [-0.3, -0.25) is 9.52 Å². The number of H-pyrrole nitrogens is 1. The fourth-order valence-electron chi connectivity index (χ4n) is 3.32. The number of fused-ring (bicyclic) bond motifs is 1. The summed E-state index contributed by atoms with van der Waals surface area (Å²) in [6, 6.07) is 16.2. The number of carbonyl (C=O) groups is 1. The molecular formula is C20H21N3O4S. The predicted molar refractivity (Wildman–Crippen MR) is 108 cm³/mol. The van der Waals surface area contributed by atoms with Crippen molar-refractivity contribution in [1.29, 1.82) is 0 Å². The first-order valence-electron chi connectivity index (χ1n) is 9.06. The maximum atomic E-state index is 13.0. The maximum absolute atomic E-state index is 13.0. The number of benzene rings is 2. The van der Waals surface area contributed by atoms with Crippen LogP contribution in [0.25, 0.3) is 10.9 Å². The number of rotatable bonds is 5. The van der Waals surface area contributed by atoms with Crippen LogP contribution in [0, 0.1) is 0 Å². The van der Waals surface area contributed by atoms with Crippen molar-refractivity contribution in [3.63, 3.8) is 0 Å². The van der Waals surface area contributed by atoms with Gasteiger partial charge in [-0.2, -0.15) is 0 Å². The summed E-state index contributed by atoms with van der Waals surface area (Å²) in [7, 11) is -3.70. The minimum absolute atomic E-state index is 0.168. The highest BCUT2D eigenvalue weighted by Crippen LogP contribution is 2.30. The molecule has 0 radical (unpaired) electrons. The number of ether oxygens (including phenoxy) is 1. The van der Waals surface area contributed by atoms with Crippen molar-refractivity contribution in [2.24, 2.45) is 0 Å². The summed E-state index contributed by atoms with van der Waals surface area (Å²) < 4.78 is 33.5. The third-order valence-electron chi connectivity index (χ3n) is 4.68. The molecule has 1 amide bonds. The molecule has 1 aliphatic heterocycles. The molecule has 0 saturated carbocycles. The average molecular weight is 399 g/mol. The molecule has 2 N–H and O–H groups in total. The molecule has 1 fully saturated rings. The van der Waals surface area contributed by atoms with E-state index in [-0.39, 0.29) is 17.4 Å². The molecule has 0 aliphatic carbocycles. The van der Waals surface area contributed by atoms with Gasteiger partial charge in [-0.05, 0) is 11.6 Å². The lowest BCUT2D eigenvalue weighted by atomic mass is 10.2. The fraction of sp³-hybridized carbons (Fsp3) is 0.250. The van der Waals surface area contributed by atoms with E-state index in [2.05, 4.69) is 9.71 Å². The van der Waals surface area contributed by atoms with Gasteiger partial charge < -0.3 is 14.6 Å². The number of nitrogens with zero attached hydrogens (tertiary/aromatic N) is 1. The number of anilines is 1. The summed E-state index contributed by atoms with van der Waals surface area (Å²) in [5.74, 6) is -0.407. The number of aromatic nitrogens is 1. The molecular weight excluding hydrogens is 378 g/mol. The van der Waals surface area contributed by atoms with Gasteiger partial charge in [0.15, 0.2) is 0 Å². The van der Waals surface area contributed by atoms with E-state index in [0.29, 0.717) is 48.5 Å². The minimum Gasteiger partial charge on any atom is -0.378 e. The smallest absolute Gasteiger partial charge is 0.272 e. The molecule has 0 spiro atoms. The highest BCUT2D eigenvalue weighted by atomic mass is 32.2. The van der Waals surface area contributed by atoms with Crippen molar-refractivity contribution in [2.45, 2.75) is 5.75 Å². The lowest BCUT2D eigenvalue weighted by molar-refractivity contribution is 0.0300. The van der Waals surface area contributed by atoms with Crippen LogP contribution in [-0.4, -0.2) is 50.5 Å². The van der Waals surface area contributed by atoms with Gasteiger partial charge in [0.25, 0.3) is 5.91 Å². The number of hydrogen-bond donors (Lipinski definition) is 2. The van der Waals surface area contributed by atoms with Crippen molar-refractivity contribution in [3.8, 4) is 0 Å². The summed E-state index contributed by atoms with van der Waals surface area (Å²) in [6.07, 6.45) is 0. The van der Waals surface area contributed by atoms with Crippen molar-refractivity contribution < 1.29 is 17.9 Å². The van der Waals surface area contributed by atoms with Crippen LogP contribution in [0.3, 0.4) is 0 Å². The van der Waals surface area contributed by atoms with Gasteiger partial charge in [0.05, 0.1) is 24.7 Å². The van der Waals surface area contributed by atoms with Crippen molar-refractivity contribution in [2.75, 3.05) is 31.0 Å². The second-order valence-corrected chi connectivity index (χ2v) is 8.39. The summed E-state index contributed by atoms with van der Waals surface area (Å²) in [6.45, 7) is 1.90. The van der Waals surface area contributed by atoms with Crippen LogP contribution in [0.4, 0.5) is 5.69 Å². The van der Waals surface area contributed by atoms with Crippen LogP contribution in [0.1, 0.15) is 16.1 Å². The molecule has 28 heavy (non-hydrogen) atoms. The Balaban J connectivity index is 1.69. The zero-order chi connectivity index (χ0) is 19.6. The number of aromatic amines is 1. The number of amides is 1. The normalized spacial score (nSPS) is 14.9. The molecule has 4 rings (SSSR count). The fourth-order valence-corrected chi connectivity index (χ4v) is 4.54. The highest BCUT2D eigenvalue weighted by molar-refractivity contribution is 7.92. The highest BCUT2D eigenvalue weighted by Gasteiger charge is 2.26. The number of nitrogens with one attached hydrogen (secondary N) is 2.